The predicted octanol–water partition coefficient (Wildman–Crippen LogP) is 4.96. The molecule has 0 spiro atoms. The summed E-state index contributed by atoms with van der Waals surface area (Å²) in [5, 5.41) is 0.924. The number of H-pyrrole nitrogens is 1. The molecular weight excluding hydrogens is 396 g/mol. The van der Waals surface area contributed by atoms with Crippen LogP contribution in [-0.4, -0.2) is 48.4 Å². The zero-order valence-corrected chi connectivity index (χ0v) is 18.6. The van der Waals surface area contributed by atoms with Crippen LogP contribution in [0.25, 0.3) is 11.0 Å². The summed E-state index contributed by atoms with van der Waals surface area (Å²) in [6.45, 7) is 5.71. The Morgan fingerprint density at radius 3 is 2.83 bits per heavy atom. The molecule has 6 nitrogen and oxygen atoms in total. The summed E-state index contributed by atoms with van der Waals surface area (Å²) in [6, 6.07) is 8.49. The number of benzene rings is 1. The number of thioether (sulfide) groups is 1. The fourth-order valence-electron chi connectivity index (χ4n) is 3.77. The molecule has 0 bridgehead atoms. The Hall–Kier alpha value is -2.25. The molecule has 0 aliphatic carbocycles. The highest BCUT2D eigenvalue weighted by Gasteiger charge is 2.13. The van der Waals surface area contributed by atoms with E-state index in [1.165, 1.54) is 24.9 Å². The molecule has 0 amide bonds. The van der Waals surface area contributed by atoms with Crippen LogP contribution in [0.3, 0.4) is 0 Å². The summed E-state index contributed by atoms with van der Waals surface area (Å²) < 4.78 is 11.0. The molecule has 0 radical (unpaired) electrons. The van der Waals surface area contributed by atoms with E-state index < -0.39 is 0 Å². The van der Waals surface area contributed by atoms with E-state index in [-0.39, 0.29) is 0 Å². The Morgan fingerprint density at radius 1 is 1.13 bits per heavy atom. The van der Waals surface area contributed by atoms with E-state index in [0.29, 0.717) is 13.2 Å². The molecule has 7 heteroatoms. The van der Waals surface area contributed by atoms with Gasteiger partial charge in [0, 0.05) is 56.4 Å². The van der Waals surface area contributed by atoms with Crippen molar-refractivity contribution in [3.05, 3.63) is 41.7 Å². The van der Waals surface area contributed by atoms with Crippen LogP contribution >= 0.6 is 11.8 Å². The second kappa shape index (κ2) is 10.2. The Bertz CT molecular complexity index is 969. The third kappa shape index (κ3) is 5.08. The molecule has 0 saturated carbocycles. The summed E-state index contributed by atoms with van der Waals surface area (Å²) in [5.41, 5.74) is 5.50. The number of hydrogen-bond donors (Lipinski definition) is 1. The van der Waals surface area contributed by atoms with Crippen LogP contribution in [0.15, 0.2) is 35.6 Å². The molecule has 1 aliphatic rings. The molecular formula is C23H30N4O2S. The Labute approximate surface area is 182 Å². The maximum Gasteiger partial charge on any atom is 0.166 e. The molecule has 4 rings (SSSR count). The smallest absolute Gasteiger partial charge is 0.166 e. The number of pyridine rings is 1. The quantitative estimate of drug-likeness (QED) is 0.385. The number of anilines is 1. The van der Waals surface area contributed by atoms with E-state index in [9.17, 15) is 0 Å². The number of rotatable bonds is 9. The van der Waals surface area contributed by atoms with E-state index >= 15 is 0 Å². The first-order valence-electron chi connectivity index (χ1n) is 10.7. The molecule has 0 atom stereocenters. The average molecular weight is 427 g/mol. The second-order valence-electron chi connectivity index (χ2n) is 7.66. The lowest BCUT2D eigenvalue weighted by atomic mass is 10.1. The fraction of sp³-hybridized carbons (Fsp3) is 0.478. The number of aromatic amines is 1. The summed E-state index contributed by atoms with van der Waals surface area (Å²) in [4.78, 5) is 15.3. The summed E-state index contributed by atoms with van der Waals surface area (Å²) in [6.07, 6.45) is 6.59. The third-order valence-corrected chi connectivity index (χ3v) is 6.41. The van der Waals surface area contributed by atoms with Gasteiger partial charge in [-0.05, 0) is 50.5 Å². The zero-order valence-electron chi connectivity index (χ0n) is 17.8. The highest BCUT2D eigenvalue weighted by atomic mass is 32.2. The fourth-order valence-corrected chi connectivity index (χ4v) is 4.68. The Morgan fingerprint density at radius 2 is 2.00 bits per heavy atom. The first kappa shape index (κ1) is 21.0. The summed E-state index contributed by atoms with van der Waals surface area (Å²) >= 11 is 1.68. The topological polar surface area (TPSA) is 63.3 Å². The highest BCUT2D eigenvalue weighted by molar-refractivity contribution is 7.98. The van der Waals surface area contributed by atoms with Crippen molar-refractivity contribution < 1.29 is 9.47 Å². The molecule has 30 heavy (non-hydrogen) atoms. The van der Waals surface area contributed by atoms with Crippen molar-refractivity contribution in [1.82, 2.24) is 15.0 Å². The van der Waals surface area contributed by atoms with E-state index in [4.69, 9.17) is 14.5 Å². The number of nitrogens with zero attached hydrogens (tertiary/aromatic N) is 3. The van der Waals surface area contributed by atoms with Crippen LogP contribution in [0.1, 0.15) is 36.9 Å². The molecule has 1 aliphatic heterocycles. The van der Waals surface area contributed by atoms with Gasteiger partial charge in [0.25, 0.3) is 0 Å². The maximum atomic E-state index is 5.89. The molecule has 3 heterocycles. The number of hydrogen-bond acceptors (Lipinski definition) is 6. The molecule has 0 unspecified atom stereocenters. The molecule has 1 saturated heterocycles. The Kier molecular flexibility index (Phi) is 7.12. The van der Waals surface area contributed by atoms with Crippen LogP contribution in [0.2, 0.25) is 0 Å². The van der Waals surface area contributed by atoms with Crippen LogP contribution in [-0.2, 0) is 10.5 Å². The largest absolute Gasteiger partial charge is 0.493 e. The van der Waals surface area contributed by atoms with Gasteiger partial charge in [-0.2, -0.15) is 0 Å². The minimum atomic E-state index is 0.647. The van der Waals surface area contributed by atoms with Crippen molar-refractivity contribution >= 4 is 28.5 Å². The SMILES string of the molecule is COCCCOc1ccnc(CSc2nc3cc(N4CCCCC4)ccc3[nH]2)c1C. The monoisotopic (exact) mass is 426 g/mol. The predicted molar refractivity (Wildman–Crippen MR) is 123 cm³/mol. The van der Waals surface area contributed by atoms with E-state index in [0.717, 1.165) is 58.5 Å². The van der Waals surface area contributed by atoms with Gasteiger partial charge < -0.3 is 19.4 Å². The number of nitrogens with one attached hydrogen (secondary N) is 1. The van der Waals surface area contributed by atoms with Gasteiger partial charge in [-0.1, -0.05) is 11.8 Å². The zero-order chi connectivity index (χ0) is 20.8. The molecule has 160 valence electrons. The van der Waals surface area contributed by atoms with E-state index in [1.807, 2.05) is 12.3 Å². The minimum absolute atomic E-state index is 0.647. The van der Waals surface area contributed by atoms with Crippen LogP contribution in [0.5, 0.6) is 5.75 Å². The van der Waals surface area contributed by atoms with Gasteiger partial charge in [-0.15, -0.1) is 0 Å². The lowest BCUT2D eigenvalue weighted by Gasteiger charge is -2.28. The Balaban J connectivity index is 1.41. The molecule has 1 aromatic carbocycles. The van der Waals surface area contributed by atoms with Crippen molar-refractivity contribution in [2.24, 2.45) is 0 Å². The van der Waals surface area contributed by atoms with Crippen molar-refractivity contribution in [2.75, 3.05) is 38.3 Å². The standard InChI is InChI=1S/C23H30N4O2S/c1-17-21(24-10-9-22(17)29-14-6-13-28-2)16-30-23-25-19-8-7-18(15-20(19)26-23)27-11-4-3-5-12-27/h7-10,15H,3-6,11-14,16H2,1-2H3,(H,25,26). The highest BCUT2D eigenvalue weighted by Crippen LogP contribution is 2.29. The van der Waals surface area contributed by atoms with Gasteiger partial charge in [-0.25, -0.2) is 4.98 Å². The summed E-state index contributed by atoms with van der Waals surface area (Å²) in [5.74, 6) is 1.65. The number of aromatic nitrogens is 3. The molecule has 3 aromatic rings. The van der Waals surface area contributed by atoms with Crippen molar-refractivity contribution in [1.29, 1.82) is 0 Å². The van der Waals surface area contributed by atoms with E-state index in [2.05, 4.69) is 40.0 Å². The second-order valence-corrected chi connectivity index (χ2v) is 8.62. The van der Waals surface area contributed by atoms with Gasteiger partial charge in [0.2, 0.25) is 0 Å². The average Bonchev–Trinajstić information content (AvgIpc) is 3.19. The van der Waals surface area contributed by atoms with Crippen LogP contribution < -0.4 is 9.64 Å². The molecule has 1 fully saturated rings. The van der Waals surface area contributed by atoms with Crippen LogP contribution in [0, 0.1) is 6.92 Å². The maximum absolute atomic E-state index is 5.89. The number of piperidine rings is 1. The van der Waals surface area contributed by atoms with Gasteiger partial charge in [0.1, 0.15) is 5.75 Å². The number of methoxy groups -OCH3 is 1. The normalized spacial score (nSPS) is 14.4. The molecule has 2 aromatic heterocycles. The first-order chi connectivity index (χ1) is 14.7. The van der Waals surface area contributed by atoms with Gasteiger partial charge in [0.15, 0.2) is 5.16 Å². The lowest BCUT2D eigenvalue weighted by Crippen LogP contribution is -2.29. The van der Waals surface area contributed by atoms with Gasteiger partial charge in [-0.3, -0.25) is 4.98 Å². The first-order valence-corrected chi connectivity index (χ1v) is 11.7. The van der Waals surface area contributed by atoms with Crippen LogP contribution in [0.4, 0.5) is 5.69 Å². The van der Waals surface area contributed by atoms with Gasteiger partial charge >= 0.3 is 0 Å². The number of ether oxygens (including phenoxy) is 2. The van der Waals surface area contributed by atoms with Crippen molar-refractivity contribution in [3.8, 4) is 5.75 Å². The van der Waals surface area contributed by atoms with Crippen molar-refractivity contribution in [3.63, 3.8) is 0 Å². The lowest BCUT2D eigenvalue weighted by molar-refractivity contribution is 0.172. The number of imidazole rings is 1. The number of fused-ring (bicyclic) bond motifs is 1. The third-order valence-electron chi connectivity index (χ3n) is 5.52. The summed E-state index contributed by atoms with van der Waals surface area (Å²) in [7, 11) is 1.71. The van der Waals surface area contributed by atoms with Crippen molar-refractivity contribution in [2.45, 2.75) is 43.5 Å². The van der Waals surface area contributed by atoms with Gasteiger partial charge in [0.05, 0.1) is 23.3 Å². The molecule has 1 N–H and O–H groups in total. The van der Waals surface area contributed by atoms with E-state index in [1.54, 1.807) is 18.9 Å². The minimum Gasteiger partial charge on any atom is -0.493 e.